The number of Topliss-reactive ketones (excluding diaryl/α,β-unsaturated/α-hetero) is 1. The van der Waals surface area contributed by atoms with Crippen molar-refractivity contribution in [1.29, 1.82) is 0 Å². The second kappa shape index (κ2) is 5.76. The van der Waals surface area contributed by atoms with Gasteiger partial charge < -0.3 is 15.4 Å². The molecule has 0 fully saturated rings. The van der Waals surface area contributed by atoms with Crippen molar-refractivity contribution < 1.29 is 14.7 Å². The fourth-order valence-corrected chi connectivity index (χ4v) is 2.64. The largest absolute Gasteiger partial charge is 0.386 e. The van der Waals surface area contributed by atoms with Gasteiger partial charge in [0.25, 0.3) is 5.91 Å². The van der Waals surface area contributed by atoms with Gasteiger partial charge in [0.05, 0.1) is 12.3 Å². The summed E-state index contributed by atoms with van der Waals surface area (Å²) in [7, 11) is 1.76. The zero-order valence-corrected chi connectivity index (χ0v) is 12.3. The third kappa shape index (κ3) is 2.80. The van der Waals surface area contributed by atoms with Gasteiger partial charge in [-0.3, -0.25) is 14.3 Å². The van der Waals surface area contributed by atoms with E-state index < -0.39 is 6.10 Å². The van der Waals surface area contributed by atoms with Crippen molar-refractivity contribution in [3.63, 3.8) is 0 Å². The molecule has 3 N–H and O–H groups in total. The number of fused-ring (bicyclic) bond motifs is 1. The molecule has 2 heterocycles. The fourth-order valence-electron chi connectivity index (χ4n) is 2.64. The minimum absolute atomic E-state index is 0.0759. The Morgan fingerprint density at radius 1 is 1.55 bits per heavy atom. The Labute approximate surface area is 127 Å². The lowest BCUT2D eigenvalue weighted by molar-refractivity contribution is 0.0911. The standard InChI is InChI=1S/C15H18N4O3/c1-19-8-9(6-17-19)14(21)7-16-15(22)12-5-10-11(18-12)3-2-4-13(10)20/h5-6,8,14,18,21H,2-4,7H2,1H3,(H,16,22). The first-order valence-electron chi connectivity index (χ1n) is 7.24. The number of hydrogen-bond donors (Lipinski definition) is 3. The summed E-state index contributed by atoms with van der Waals surface area (Å²) in [5, 5.41) is 16.6. The molecule has 2 aromatic rings. The van der Waals surface area contributed by atoms with Crippen molar-refractivity contribution >= 4 is 11.7 Å². The highest BCUT2D eigenvalue weighted by Crippen LogP contribution is 2.21. The Kier molecular flexibility index (Phi) is 3.81. The molecule has 7 heteroatoms. The fraction of sp³-hybridized carbons (Fsp3) is 0.400. The van der Waals surface area contributed by atoms with Gasteiger partial charge in [-0.15, -0.1) is 0 Å². The van der Waals surface area contributed by atoms with Gasteiger partial charge in [-0.2, -0.15) is 5.10 Å². The number of ketones is 1. The molecule has 2 aromatic heterocycles. The van der Waals surface area contributed by atoms with Crippen molar-refractivity contribution in [2.75, 3.05) is 6.54 Å². The molecule has 116 valence electrons. The highest BCUT2D eigenvalue weighted by Gasteiger charge is 2.22. The van der Waals surface area contributed by atoms with Crippen molar-refractivity contribution in [2.24, 2.45) is 7.05 Å². The van der Waals surface area contributed by atoms with Crippen LogP contribution in [-0.4, -0.2) is 38.1 Å². The second-order valence-electron chi connectivity index (χ2n) is 5.53. The normalized spacial score (nSPS) is 15.5. The van der Waals surface area contributed by atoms with Crippen molar-refractivity contribution in [1.82, 2.24) is 20.1 Å². The first-order valence-corrected chi connectivity index (χ1v) is 7.24. The SMILES string of the molecule is Cn1cc(C(O)CNC(=O)c2cc3c([nH]2)CCCC3=O)cn1. The average Bonchev–Trinajstić information content (AvgIpc) is 3.11. The Bertz CT molecular complexity index is 716. The van der Waals surface area contributed by atoms with E-state index in [1.54, 1.807) is 30.2 Å². The first kappa shape index (κ1) is 14.5. The number of aliphatic hydroxyl groups is 1. The summed E-state index contributed by atoms with van der Waals surface area (Å²) in [6, 6.07) is 1.60. The predicted octanol–water partition coefficient (Wildman–Crippen LogP) is 0.731. The maximum Gasteiger partial charge on any atom is 0.267 e. The van der Waals surface area contributed by atoms with Gasteiger partial charge in [-0.25, -0.2) is 0 Å². The first-order chi connectivity index (χ1) is 10.5. The molecule has 0 saturated heterocycles. The van der Waals surface area contributed by atoms with E-state index in [1.165, 1.54) is 0 Å². The van der Waals surface area contributed by atoms with Gasteiger partial charge in [-0.1, -0.05) is 0 Å². The number of aryl methyl sites for hydroxylation is 2. The molecule has 0 radical (unpaired) electrons. The number of amides is 1. The lowest BCUT2D eigenvalue weighted by Gasteiger charge is -2.09. The summed E-state index contributed by atoms with van der Waals surface area (Å²) in [5.41, 5.74) is 2.45. The summed E-state index contributed by atoms with van der Waals surface area (Å²) in [6.07, 6.45) is 4.57. The molecule has 0 aromatic carbocycles. The third-order valence-electron chi connectivity index (χ3n) is 3.84. The number of carbonyl (C=O) groups excluding carboxylic acids is 2. The zero-order chi connectivity index (χ0) is 15.7. The Hall–Kier alpha value is -2.41. The molecule has 0 saturated carbocycles. The van der Waals surface area contributed by atoms with Crippen molar-refractivity contribution in [3.8, 4) is 0 Å². The number of aliphatic hydroxyl groups excluding tert-OH is 1. The van der Waals surface area contributed by atoms with E-state index in [0.29, 0.717) is 23.2 Å². The molecule has 1 aliphatic rings. The number of rotatable bonds is 4. The quantitative estimate of drug-likeness (QED) is 0.775. The van der Waals surface area contributed by atoms with Gasteiger partial charge >= 0.3 is 0 Å². The van der Waals surface area contributed by atoms with E-state index in [-0.39, 0.29) is 18.2 Å². The highest BCUT2D eigenvalue weighted by atomic mass is 16.3. The molecular formula is C15H18N4O3. The summed E-state index contributed by atoms with van der Waals surface area (Å²) < 4.78 is 1.59. The van der Waals surface area contributed by atoms with E-state index in [0.717, 1.165) is 18.5 Å². The maximum atomic E-state index is 12.1. The maximum absolute atomic E-state index is 12.1. The molecule has 0 aliphatic heterocycles. The van der Waals surface area contributed by atoms with Crippen LogP contribution in [0.5, 0.6) is 0 Å². The summed E-state index contributed by atoms with van der Waals surface area (Å²) in [6.45, 7) is 0.0855. The van der Waals surface area contributed by atoms with E-state index in [2.05, 4.69) is 15.4 Å². The predicted molar refractivity (Wildman–Crippen MR) is 78.6 cm³/mol. The average molecular weight is 302 g/mol. The van der Waals surface area contributed by atoms with Crippen LogP contribution in [0.1, 0.15) is 51.0 Å². The van der Waals surface area contributed by atoms with E-state index in [9.17, 15) is 14.7 Å². The molecule has 7 nitrogen and oxygen atoms in total. The van der Waals surface area contributed by atoms with Gasteiger partial charge in [-0.05, 0) is 18.9 Å². The van der Waals surface area contributed by atoms with Crippen LogP contribution in [0, 0.1) is 0 Å². The molecule has 0 bridgehead atoms. The molecule has 3 rings (SSSR count). The second-order valence-corrected chi connectivity index (χ2v) is 5.53. The molecule has 1 atom stereocenters. The monoisotopic (exact) mass is 302 g/mol. The van der Waals surface area contributed by atoms with E-state index in [1.807, 2.05) is 0 Å². The van der Waals surface area contributed by atoms with Crippen molar-refractivity contribution in [3.05, 3.63) is 41.0 Å². The van der Waals surface area contributed by atoms with Crippen LogP contribution in [-0.2, 0) is 13.5 Å². The van der Waals surface area contributed by atoms with Crippen LogP contribution in [0.4, 0.5) is 0 Å². The number of aromatic amines is 1. The van der Waals surface area contributed by atoms with Crippen LogP contribution in [0.15, 0.2) is 18.5 Å². The van der Waals surface area contributed by atoms with Crippen LogP contribution in [0.3, 0.4) is 0 Å². The molecule has 1 amide bonds. The summed E-state index contributed by atoms with van der Waals surface area (Å²) in [5.74, 6) is -0.253. The van der Waals surface area contributed by atoms with Crippen LogP contribution in [0.25, 0.3) is 0 Å². The van der Waals surface area contributed by atoms with Gasteiger partial charge in [0.1, 0.15) is 5.69 Å². The topological polar surface area (TPSA) is 100 Å². The summed E-state index contributed by atoms with van der Waals surface area (Å²) in [4.78, 5) is 26.9. The molecule has 1 aliphatic carbocycles. The number of nitrogens with zero attached hydrogens (tertiary/aromatic N) is 2. The zero-order valence-electron chi connectivity index (χ0n) is 12.3. The van der Waals surface area contributed by atoms with Crippen LogP contribution >= 0.6 is 0 Å². The Morgan fingerprint density at radius 2 is 2.36 bits per heavy atom. The Balaban J connectivity index is 1.64. The van der Waals surface area contributed by atoms with Crippen LogP contribution in [0.2, 0.25) is 0 Å². The molecular weight excluding hydrogens is 284 g/mol. The van der Waals surface area contributed by atoms with E-state index >= 15 is 0 Å². The highest BCUT2D eigenvalue weighted by molar-refractivity contribution is 6.02. The number of carbonyl (C=O) groups is 2. The number of nitrogens with one attached hydrogen (secondary N) is 2. The lowest BCUT2D eigenvalue weighted by atomic mass is 9.97. The minimum Gasteiger partial charge on any atom is -0.386 e. The van der Waals surface area contributed by atoms with Crippen LogP contribution < -0.4 is 5.32 Å². The van der Waals surface area contributed by atoms with E-state index in [4.69, 9.17) is 0 Å². The van der Waals surface area contributed by atoms with Gasteiger partial charge in [0.2, 0.25) is 0 Å². The molecule has 22 heavy (non-hydrogen) atoms. The number of aromatic nitrogens is 3. The lowest BCUT2D eigenvalue weighted by Crippen LogP contribution is -2.28. The molecule has 0 spiro atoms. The van der Waals surface area contributed by atoms with Crippen molar-refractivity contribution in [2.45, 2.75) is 25.4 Å². The van der Waals surface area contributed by atoms with Gasteiger partial charge in [0, 0.05) is 43.0 Å². The third-order valence-corrected chi connectivity index (χ3v) is 3.84. The smallest absolute Gasteiger partial charge is 0.267 e. The summed E-state index contributed by atoms with van der Waals surface area (Å²) >= 11 is 0. The Morgan fingerprint density at radius 3 is 3.05 bits per heavy atom. The number of hydrogen-bond acceptors (Lipinski definition) is 4. The van der Waals surface area contributed by atoms with Gasteiger partial charge in [0.15, 0.2) is 5.78 Å². The molecule has 1 unspecified atom stereocenters. The minimum atomic E-state index is -0.816. The number of H-pyrrole nitrogens is 1.